The Morgan fingerprint density at radius 1 is 0.716 bits per heavy atom. The molecule has 20 heteroatoms. The lowest BCUT2D eigenvalue weighted by atomic mass is 10.1. The number of nitrogens with zero attached hydrogens (tertiary/aromatic N) is 4. The van der Waals surface area contributed by atoms with E-state index in [4.69, 9.17) is 43.5 Å². The minimum absolute atomic E-state index is 0. The predicted molar refractivity (Wildman–Crippen MR) is 303 cm³/mol. The topological polar surface area (TPSA) is 181 Å². The molecule has 10 rings (SSSR count). The summed E-state index contributed by atoms with van der Waals surface area (Å²) < 4.78 is 15.9. The average molecular weight is 1130 g/mol. The molecule has 0 spiro atoms. The van der Waals surface area contributed by atoms with Crippen molar-refractivity contribution in [2.75, 3.05) is 13.1 Å². The van der Waals surface area contributed by atoms with Crippen LogP contribution in [0, 0.1) is 27.7 Å². The Morgan fingerprint density at radius 3 is 1.59 bits per heavy atom. The highest BCUT2D eigenvalue weighted by molar-refractivity contribution is 7.17. The molecule has 1 amide bonds. The van der Waals surface area contributed by atoms with Crippen LogP contribution in [-0.4, -0.2) is 72.9 Å². The number of thiazole rings is 2. The summed E-state index contributed by atoms with van der Waals surface area (Å²) in [5, 5.41) is 18.4. The second kappa shape index (κ2) is 24.5. The first kappa shape index (κ1) is 55.6. The van der Waals surface area contributed by atoms with Gasteiger partial charge in [0, 0.05) is 98.3 Å². The average Bonchev–Trinajstić information content (AvgIpc) is 4.21. The van der Waals surface area contributed by atoms with Crippen molar-refractivity contribution in [1.29, 1.82) is 0 Å². The maximum absolute atomic E-state index is 12.5. The number of ketones is 2. The lowest BCUT2D eigenvalue weighted by Gasteiger charge is -2.11. The van der Waals surface area contributed by atoms with Crippen LogP contribution in [0.5, 0.6) is 11.5 Å². The van der Waals surface area contributed by atoms with Crippen LogP contribution in [0.15, 0.2) is 96.0 Å². The lowest BCUT2D eigenvalue weighted by molar-refractivity contribution is -0.131. The standard InChI is InChI=1S/C27H24ClN3O3S2.C15H14ClNO2S.C12H12N2O2S.ClH/c1-15-10-18(16(2)31(15)27-29-8-9-35-27)4-7-25(33)30-14-21-12-20-11-19(13-22(28)26(20)34-21)24-6-5-23(36-24)17(3)32;1-8(18)13-2-3-14(20-13)9-4-10-5-11(7-17)19-15(10)12(16)6-9;1-8-7-10(3-4-11(15)16)9(2)14(8)12-13-5-6-17-12;/h4-11,13,21H,12,14H2,1-3H3,(H,30,33);2-4,6,11H,5,7,17H2,1H3;3-7H,1-2H3,(H,15,16);1H/b7-4+;;4-3+;. The number of carboxylic acid groups (broad SMARTS) is 1. The van der Waals surface area contributed by atoms with Gasteiger partial charge >= 0.3 is 5.97 Å². The number of aromatic nitrogens is 4. The number of carbonyl (C=O) groups excluding carboxylic acids is 3. The Morgan fingerprint density at radius 2 is 1.18 bits per heavy atom. The van der Waals surface area contributed by atoms with E-state index in [1.165, 1.54) is 22.7 Å². The van der Waals surface area contributed by atoms with Crippen LogP contribution < -0.4 is 20.5 Å². The van der Waals surface area contributed by atoms with Gasteiger partial charge in [-0.2, -0.15) is 0 Å². The number of nitrogens with two attached hydrogens (primary N) is 1. The molecule has 0 aliphatic carbocycles. The summed E-state index contributed by atoms with van der Waals surface area (Å²) in [6.07, 6.45) is 10.9. The number of benzene rings is 2. The van der Waals surface area contributed by atoms with Gasteiger partial charge in [-0.15, -0.1) is 57.8 Å². The van der Waals surface area contributed by atoms with Crippen LogP contribution in [0.25, 0.3) is 43.3 Å². The summed E-state index contributed by atoms with van der Waals surface area (Å²) in [6, 6.07) is 19.5. The zero-order chi connectivity index (χ0) is 52.1. The van der Waals surface area contributed by atoms with Gasteiger partial charge in [-0.1, -0.05) is 23.2 Å². The fourth-order valence-corrected chi connectivity index (χ4v) is 12.3. The van der Waals surface area contributed by atoms with E-state index in [0.717, 1.165) is 104 Å². The van der Waals surface area contributed by atoms with Gasteiger partial charge in [0.25, 0.3) is 0 Å². The number of Topliss-reactive ketones (excluding diaryl/α,β-unsaturated/α-hetero) is 2. The molecule has 2 atom stereocenters. The zero-order valence-corrected chi connectivity index (χ0v) is 46.5. The summed E-state index contributed by atoms with van der Waals surface area (Å²) in [6.45, 7) is 12.0. The van der Waals surface area contributed by atoms with Gasteiger partial charge in [-0.25, -0.2) is 14.8 Å². The second-order valence-corrected chi connectivity index (χ2v) is 21.9. The summed E-state index contributed by atoms with van der Waals surface area (Å²) in [5.41, 5.74) is 15.7. The maximum atomic E-state index is 12.5. The number of aliphatic carboxylic acids is 1. The molecule has 0 radical (unpaired) electrons. The monoisotopic (exact) mass is 1130 g/mol. The van der Waals surface area contributed by atoms with E-state index >= 15 is 0 Å². The van der Waals surface area contributed by atoms with Crippen molar-refractivity contribution in [1.82, 2.24) is 24.4 Å². The van der Waals surface area contributed by atoms with E-state index in [1.54, 1.807) is 61.1 Å². The largest absolute Gasteiger partial charge is 0.487 e. The predicted octanol–water partition coefficient (Wildman–Crippen LogP) is 12.9. The Labute approximate surface area is 460 Å². The Kier molecular flexibility index (Phi) is 18.4. The SMILES string of the molecule is CC(=O)c1ccc(-c2cc(Cl)c3c(c2)CC(CN)O3)s1.CC(=O)c1ccc(-c2cc(Cl)c3c(c2)CC(CNC(=O)/C=C/c2cc(C)n(-c4nccs4)c2C)O3)s1.Cc1cc(/C=C/C(=O)O)c(C)n1-c1nccs1.Cl. The molecule has 8 aromatic rings. The maximum Gasteiger partial charge on any atom is 0.328 e. The van der Waals surface area contributed by atoms with Gasteiger partial charge in [0.15, 0.2) is 21.8 Å². The quantitative estimate of drug-likeness (QED) is 0.0742. The molecule has 8 heterocycles. The Hall–Kier alpha value is -6.15. The zero-order valence-electron chi connectivity index (χ0n) is 40.9. The van der Waals surface area contributed by atoms with Gasteiger partial charge < -0.3 is 25.6 Å². The van der Waals surface area contributed by atoms with E-state index in [-0.39, 0.29) is 42.1 Å². The van der Waals surface area contributed by atoms with Crippen LogP contribution >= 0.6 is 81.0 Å². The molecular weight excluding hydrogens is 1080 g/mol. The lowest BCUT2D eigenvalue weighted by Crippen LogP contribution is -2.33. The van der Waals surface area contributed by atoms with Crippen LogP contribution in [-0.2, 0) is 22.4 Å². The van der Waals surface area contributed by atoms with Crippen LogP contribution in [0.2, 0.25) is 10.0 Å². The molecule has 13 nitrogen and oxygen atoms in total. The molecule has 4 N–H and O–H groups in total. The van der Waals surface area contributed by atoms with E-state index < -0.39 is 5.97 Å². The number of hydrogen-bond donors (Lipinski definition) is 3. The smallest absolute Gasteiger partial charge is 0.328 e. The number of nitrogens with one attached hydrogen (secondary N) is 1. The number of hydrogen-bond acceptors (Lipinski definition) is 13. The first-order valence-electron chi connectivity index (χ1n) is 22.9. The first-order chi connectivity index (χ1) is 35.0. The number of thiophene rings is 2. The minimum atomic E-state index is -0.941. The number of carbonyl (C=O) groups is 4. The molecule has 0 fully saturated rings. The van der Waals surface area contributed by atoms with Crippen LogP contribution in [0.1, 0.15) is 78.2 Å². The fraction of sp³-hybridized carbons (Fsp3) is 0.222. The van der Waals surface area contributed by atoms with Gasteiger partial charge in [0.2, 0.25) is 5.91 Å². The van der Waals surface area contributed by atoms with Crippen LogP contribution in [0.4, 0.5) is 0 Å². The Bertz CT molecular complexity index is 3410. The molecule has 2 aliphatic rings. The van der Waals surface area contributed by atoms with E-state index in [2.05, 4.69) is 32.0 Å². The molecule has 0 saturated heterocycles. The highest BCUT2D eigenvalue weighted by Crippen LogP contribution is 2.42. The molecule has 2 aliphatic heterocycles. The highest BCUT2D eigenvalue weighted by Gasteiger charge is 2.28. The van der Waals surface area contributed by atoms with Crippen molar-refractivity contribution in [2.45, 2.75) is 66.6 Å². The summed E-state index contributed by atoms with van der Waals surface area (Å²) in [4.78, 5) is 58.2. The number of halogens is 3. The van der Waals surface area contributed by atoms with Crippen molar-refractivity contribution in [2.24, 2.45) is 5.73 Å². The number of rotatable bonds is 13. The van der Waals surface area contributed by atoms with E-state index in [1.807, 2.05) is 97.6 Å². The number of ether oxygens (including phenoxy) is 2. The molecule has 0 saturated carbocycles. The molecule has 6 aromatic heterocycles. The molecule has 0 bridgehead atoms. The molecular formula is C54H51Cl3N6O7S4. The minimum Gasteiger partial charge on any atom is -0.487 e. The van der Waals surface area contributed by atoms with E-state index in [9.17, 15) is 19.2 Å². The number of carboxylic acids is 1. The molecule has 74 heavy (non-hydrogen) atoms. The van der Waals surface area contributed by atoms with Crippen molar-refractivity contribution in [3.05, 3.63) is 161 Å². The van der Waals surface area contributed by atoms with Crippen LogP contribution in [0.3, 0.4) is 0 Å². The van der Waals surface area contributed by atoms with Gasteiger partial charge in [-0.3, -0.25) is 23.5 Å². The summed E-state index contributed by atoms with van der Waals surface area (Å²) >= 11 is 18.9. The first-order valence-corrected chi connectivity index (χ1v) is 27.1. The van der Waals surface area contributed by atoms with E-state index in [0.29, 0.717) is 35.3 Å². The van der Waals surface area contributed by atoms with Gasteiger partial charge in [0.1, 0.15) is 23.7 Å². The van der Waals surface area contributed by atoms with Crippen molar-refractivity contribution in [3.63, 3.8) is 0 Å². The molecule has 2 unspecified atom stereocenters. The van der Waals surface area contributed by atoms with Crippen molar-refractivity contribution >= 4 is 117 Å². The summed E-state index contributed by atoms with van der Waals surface area (Å²) in [7, 11) is 0. The van der Waals surface area contributed by atoms with Gasteiger partial charge in [-0.05, 0) is 137 Å². The third-order valence-electron chi connectivity index (χ3n) is 11.9. The summed E-state index contributed by atoms with van der Waals surface area (Å²) in [5.74, 6) is 0.413. The highest BCUT2D eigenvalue weighted by atomic mass is 35.5. The van der Waals surface area contributed by atoms with Crippen molar-refractivity contribution in [3.8, 4) is 42.6 Å². The van der Waals surface area contributed by atoms with Gasteiger partial charge in [0.05, 0.1) is 26.3 Å². The normalized spacial score (nSPS) is 14.3. The fourth-order valence-electron chi connectivity index (χ4n) is 8.42. The molecule has 2 aromatic carbocycles. The number of amides is 1. The Balaban J connectivity index is 0.000000178. The third-order valence-corrected chi connectivity index (χ3v) is 16.5. The number of fused-ring (bicyclic) bond motifs is 2. The molecule has 384 valence electrons. The second-order valence-electron chi connectivity index (χ2n) is 17.2. The third kappa shape index (κ3) is 12.8. The number of aryl methyl sites for hydroxylation is 2. The van der Waals surface area contributed by atoms with Crippen molar-refractivity contribution < 1.29 is 33.8 Å².